The minimum absolute atomic E-state index is 0.241. The van der Waals surface area contributed by atoms with Crippen LogP contribution in [0.3, 0.4) is 0 Å². The van der Waals surface area contributed by atoms with Crippen LogP contribution in [0.4, 0.5) is 4.79 Å². The highest BCUT2D eigenvalue weighted by Crippen LogP contribution is 2.37. The van der Waals surface area contributed by atoms with Crippen LogP contribution in [0.5, 0.6) is 11.5 Å². The van der Waals surface area contributed by atoms with E-state index in [1.54, 1.807) is 30.3 Å². The van der Waals surface area contributed by atoms with E-state index in [2.05, 4.69) is 26.5 Å². The van der Waals surface area contributed by atoms with Gasteiger partial charge in [0, 0.05) is 15.6 Å². The van der Waals surface area contributed by atoms with Gasteiger partial charge in [0.1, 0.15) is 6.61 Å². The van der Waals surface area contributed by atoms with Gasteiger partial charge in [-0.15, -0.1) is 0 Å². The molecule has 0 aromatic heterocycles. The van der Waals surface area contributed by atoms with E-state index in [9.17, 15) is 4.79 Å². The topological polar surface area (TPSA) is 85.9 Å². The van der Waals surface area contributed by atoms with E-state index in [0.717, 1.165) is 5.56 Å². The van der Waals surface area contributed by atoms with Crippen LogP contribution in [-0.2, 0) is 6.61 Å². The minimum atomic E-state index is -0.745. The van der Waals surface area contributed by atoms with Gasteiger partial charge in [-0.25, -0.2) is 10.2 Å². The Morgan fingerprint density at radius 3 is 2.73 bits per heavy atom. The van der Waals surface area contributed by atoms with E-state index in [0.29, 0.717) is 38.2 Å². The van der Waals surface area contributed by atoms with E-state index < -0.39 is 6.03 Å². The summed E-state index contributed by atoms with van der Waals surface area (Å²) in [4.78, 5) is 10.7. The molecule has 0 aliphatic rings. The van der Waals surface area contributed by atoms with Crippen LogP contribution in [0.2, 0.25) is 10.0 Å². The Hall–Kier alpha value is -1.96. The van der Waals surface area contributed by atoms with Gasteiger partial charge in [-0.3, -0.25) is 0 Å². The minimum Gasteiger partial charge on any atom is -0.490 e. The molecular formula is C17H16BrCl2N3O3. The summed E-state index contributed by atoms with van der Waals surface area (Å²) in [6, 6.07) is 7.97. The first-order chi connectivity index (χ1) is 12.4. The number of amides is 2. The summed E-state index contributed by atoms with van der Waals surface area (Å²) in [5, 5.41) is 4.81. The number of nitrogens with one attached hydrogen (secondary N) is 1. The van der Waals surface area contributed by atoms with Gasteiger partial charge in [0.2, 0.25) is 0 Å². The number of carbonyl (C=O) groups excluding carboxylic acids is 1. The quantitative estimate of drug-likeness (QED) is 0.462. The molecule has 0 unspecified atom stereocenters. The zero-order valence-electron chi connectivity index (χ0n) is 13.8. The fourth-order valence-corrected chi connectivity index (χ4v) is 3.06. The summed E-state index contributed by atoms with van der Waals surface area (Å²) >= 11 is 15.5. The normalized spacial score (nSPS) is 10.8. The molecule has 2 rings (SSSR count). The molecule has 3 N–H and O–H groups in total. The molecule has 6 nitrogen and oxygen atoms in total. The number of nitrogens with two attached hydrogens (primary N) is 1. The second kappa shape index (κ2) is 9.66. The molecule has 0 atom stereocenters. The molecule has 0 bridgehead atoms. The second-order valence-corrected chi connectivity index (χ2v) is 6.72. The van der Waals surface area contributed by atoms with Gasteiger partial charge in [0.15, 0.2) is 11.5 Å². The number of halogens is 3. The largest absolute Gasteiger partial charge is 0.490 e. The smallest absolute Gasteiger partial charge is 0.332 e. The second-order valence-electron chi connectivity index (χ2n) is 5.02. The molecule has 0 spiro atoms. The number of hydrogen-bond donors (Lipinski definition) is 2. The van der Waals surface area contributed by atoms with Crippen molar-refractivity contribution in [2.75, 3.05) is 6.61 Å². The molecule has 0 heterocycles. The third-order valence-electron chi connectivity index (χ3n) is 3.11. The van der Waals surface area contributed by atoms with Crippen molar-refractivity contribution < 1.29 is 14.3 Å². The molecule has 0 radical (unpaired) electrons. The number of urea groups is 1. The van der Waals surface area contributed by atoms with Crippen molar-refractivity contribution >= 4 is 51.4 Å². The maximum absolute atomic E-state index is 10.7. The van der Waals surface area contributed by atoms with Gasteiger partial charge < -0.3 is 15.2 Å². The molecule has 2 aromatic rings. The van der Waals surface area contributed by atoms with Crippen LogP contribution in [0.1, 0.15) is 18.1 Å². The van der Waals surface area contributed by atoms with Crippen molar-refractivity contribution in [3.8, 4) is 11.5 Å². The van der Waals surface area contributed by atoms with Crippen LogP contribution in [0, 0.1) is 0 Å². The van der Waals surface area contributed by atoms with Crippen LogP contribution in [-0.4, -0.2) is 18.9 Å². The molecule has 0 aliphatic heterocycles. The number of hydrogen-bond acceptors (Lipinski definition) is 4. The number of ether oxygens (including phenoxy) is 2. The third kappa shape index (κ3) is 5.79. The van der Waals surface area contributed by atoms with Crippen molar-refractivity contribution in [2.45, 2.75) is 13.5 Å². The summed E-state index contributed by atoms with van der Waals surface area (Å²) in [6.45, 7) is 2.55. The number of nitrogens with zero attached hydrogens (tertiary/aromatic N) is 1. The maximum Gasteiger partial charge on any atom is 0.332 e. The highest BCUT2D eigenvalue weighted by molar-refractivity contribution is 9.10. The predicted molar refractivity (Wildman–Crippen MR) is 106 cm³/mol. The van der Waals surface area contributed by atoms with Crippen molar-refractivity contribution in [3.63, 3.8) is 0 Å². The van der Waals surface area contributed by atoms with Gasteiger partial charge in [-0.05, 0) is 52.7 Å². The molecule has 26 heavy (non-hydrogen) atoms. The first-order valence-electron chi connectivity index (χ1n) is 7.52. The third-order valence-corrected chi connectivity index (χ3v) is 4.28. The van der Waals surface area contributed by atoms with Crippen molar-refractivity contribution in [2.24, 2.45) is 10.8 Å². The summed E-state index contributed by atoms with van der Waals surface area (Å²) < 4.78 is 12.2. The number of carbonyl (C=O) groups is 1. The average Bonchev–Trinajstić information content (AvgIpc) is 2.55. The lowest BCUT2D eigenvalue weighted by Crippen LogP contribution is -2.24. The number of primary amides is 1. The predicted octanol–water partition coefficient (Wildman–Crippen LogP) is 4.74. The lowest BCUT2D eigenvalue weighted by molar-refractivity contribution is 0.249. The van der Waals surface area contributed by atoms with Crippen LogP contribution in [0.25, 0.3) is 0 Å². The highest BCUT2D eigenvalue weighted by Gasteiger charge is 2.13. The maximum atomic E-state index is 10.7. The van der Waals surface area contributed by atoms with E-state index in [1.807, 2.05) is 6.92 Å². The number of hydrazone groups is 1. The van der Waals surface area contributed by atoms with Crippen LogP contribution >= 0.6 is 39.1 Å². The van der Waals surface area contributed by atoms with Gasteiger partial charge in [-0.2, -0.15) is 5.10 Å². The molecule has 2 aromatic carbocycles. The Bertz CT molecular complexity index is 831. The van der Waals surface area contributed by atoms with Gasteiger partial charge in [-0.1, -0.05) is 29.3 Å². The monoisotopic (exact) mass is 459 g/mol. The van der Waals surface area contributed by atoms with Crippen molar-refractivity contribution in [3.05, 3.63) is 56.0 Å². The standard InChI is InChI=1S/C17H16BrCl2N3O3/c1-2-25-15-6-10(8-22-23-17(21)24)5-13(18)16(15)26-9-11-3-4-12(19)7-14(11)20/h3-8H,2,9H2,1H3,(H3,21,23,24)/b22-8-. The fourth-order valence-electron chi connectivity index (χ4n) is 2.02. The Morgan fingerprint density at radius 1 is 1.31 bits per heavy atom. The molecule has 0 fully saturated rings. The Kier molecular flexibility index (Phi) is 7.56. The fraction of sp³-hybridized carbons (Fsp3) is 0.176. The van der Waals surface area contributed by atoms with Gasteiger partial charge in [0.05, 0.1) is 17.3 Å². The van der Waals surface area contributed by atoms with Crippen LogP contribution in [0.15, 0.2) is 39.9 Å². The molecule has 9 heteroatoms. The molecular weight excluding hydrogens is 445 g/mol. The summed E-state index contributed by atoms with van der Waals surface area (Å²) in [5.41, 5.74) is 8.58. The highest BCUT2D eigenvalue weighted by atomic mass is 79.9. The van der Waals surface area contributed by atoms with E-state index in [4.69, 9.17) is 38.4 Å². The van der Waals surface area contributed by atoms with Crippen molar-refractivity contribution in [1.82, 2.24) is 5.43 Å². The SMILES string of the molecule is CCOc1cc(/C=N\NC(N)=O)cc(Br)c1OCc1ccc(Cl)cc1Cl. The van der Waals surface area contributed by atoms with Crippen LogP contribution < -0.4 is 20.6 Å². The lowest BCUT2D eigenvalue weighted by atomic mass is 10.2. The number of benzene rings is 2. The van der Waals surface area contributed by atoms with Crippen molar-refractivity contribution in [1.29, 1.82) is 0 Å². The first kappa shape index (κ1) is 20.4. The molecule has 138 valence electrons. The zero-order valence-corrected chi connectivity index (χ0v) is 16.9. The first-order valence-corrected chi connectivity index (χ1v) is 9.07. The molecule has 0 saturated carbocycles. The molecule has 0 aliphatic carbocycles. The zero-order chi connectivity index (χ0) is 19.1. The molecule has 0 saturated heterocycles. The van der Waals surface area contributed by atoms with E-state index in [1.165, 1.54) is 6.21 Å². The Labute approximate surface area is 169 Å². The summed E-state index contributed by atoms with van der Waals surface area (Å²) in [5.74, 6) is 1.05. The number of rotatable bonds is 7. The summed E-state index contributed by atoms with van der Waals surface area (Å²) in [7, 11) is 0. The summed E-state index contributed by atoms with van der Waals surface area (Å²) in [6.07, 6.45) is 1.44. The average molecular weight is 461 g/mol. The van der Waals surface area contributed by atoms with Gasteiger partial charge in [0.25, 0.3) is 0 Å². The van der Waals surface area contributed by atoms with E-state index >= 15 is 0 Å². The Morgan fingerprint density at radius 2 is 2.08 bits per heavy atom. The Balaban J connectivity index is 2.23. The van der Waals surface area contributed by atoms with Gasteiger partial charge >= 0.3 is 6.03 Å². The van der Waals surface area contributed by atoms with E-state index in [-0.39, 0.29) is 6.61 Å². The lowest BCUT2D eigenvalue weighted by Gasteiger charge is -2.15. The molecule has 2 amide bonds.